The average molecular weight is 277 g/mol. The summed E-state index contributed by atoms with van der Waals surface area (Å²) in [6, 6.07) is 15.1. The van der Waals surface area contributed by atoms with Gasteiger partial charge in [-0.2, -0.15) is 0 Å². The Morgan fingerprint density at radius 3 is 2.62 bits per heavy atom. The SMILES string of the molecule is CC(NC(=O)c1ccc2ccccc2n1)c1ccncc1. The highest BCUT2D eigenvalue weighted by atomic mass is 16.1. The summed E-state index contributed by atoms with van der Waals surface area (Å²) in [5.41, 5.74) is 2.26. The summed E-state index contributed by atoms with van der Waals surface area (Å²) in [6.07, 6.45) is 3.43. The van der Waals surface area contributed by atoms with Crippen molar-refractivity contribution in [2.24, 2.45) is 0 Å². The van der Waals surface area contributed by atoms with Gasteiger partial charge in [0.1, 0.15) is 5.69 Å². The minimum absolute atomic E-state index is 0.0891. The van der Waals surface area contributed by atoms with Crippen LogP contribution in [0.15, 0.2) is 60.9 Å². The molecule has 0 bridgehead atoms. The molecule has 4 nitrogen and oxygen atoms in total. The fourth-order valence-electron chi connectivity index (χ4n) is 2.20. The van der Waals surface area contributed by atoms with Crippen LogP contribution in [0.1, 0.15) is 29.0 Å². The molecule has 1 N–H and O–H groups in total. The number of fused-ring (bicyclic) bond motifs is 1. The van der Waals surface area contributed by atoms with E-state index in [1.165, 1.54) is 0 Å². The molecule has 21 heavy (non-hydrogen) atoms. The molecule has 2 heterocycles. The van der Waals surface area contributed by atoms with Crippen molar-refractivity contribution in [3.63, 3.8) is 0 Å². The van der Waals surface area contributed by atoms with Crippen LogP contribution in [-0.4, -0.2) is 15.9 Å². The first-order chi connectivity index (χ1) is 10.2. The van der Waals surface area contributed by atoms with Crippen LogP contribution in [0.4, 0.5) is 0 Å². The van der Waals surface area contributed by atoms with Gasteiger partial charge in [0.25, 0.3) is 5.91 Å². The van der Waals surface area contributed by atoms with Crippen molar-refractivity contribution in [3.05, 3.63) is 72.2 Å². The fraction of sp³-hybridized carbons (Fsp3) is 0.118. The van der Waals surface area contributed by atoms with Crippen LogP contribution in [0.5, 0.6) is 0 Å². The molecule has 0 spiro atoms. The standard InChI is InChI=1S/C17H15N3O/c1-12(13-8-10-18-11-9-13)19-17(21)16-7-6-14-4-2-3-5-15(14)20-16/h2-12H,1H3,(H,19,21). The Morgan fingerprint density at radius 2 is 1.81 bits per heavy atom. The fourth-order valence-corrected chi connectivity index (χ4v) is 2.20. The lowest BCUT2D eigenvalue weighted by atomic mass is 10.1. The Morgan fingerprint density at radius 1 is 1.05 bits per heavy atom. The van der Waals surface area contributed by atoms with Crippen LogP contribution in [0, 0.1) is 0 Å². The number of nitrogens with zero attached hydrogens (tertiary/aromatic N) is 2. The summed E-state index contributed by atoms with van der Waals surface area (Å²) in [6.45, 7) is 1.94. The molecule has 1 aromatic carbocycles. The quantitative estimate of drug-likeness (QED) is 0.800. The van der Waals surface area contributed by atoms with Crippen LogP contribution in [-0.2, 0) is 0 Å². The molecule has 1 unspecified atom stereocenters. The summed E-state index contributed by atoms with van der Waals surface area (Å²) in [4.78, 5) is 20.7. The van der Waals surface area contributed by atoms with Crippen molar-refractivity contribution in [3.8, 4) is 0 Å². The molecular formula is C17H15N3O. The summed E-state index contributed by atoms with van der Waals surface area (Å²) in [5, 5.41) is 3.97. The Hall–Kier alpha value is -2.75. The van der Waals surface area contributed by atoms with E-state index in [2.05, 4.69) is 15.3 Å². The van der Waals surface area contributed by atoms with E-state index >= 15 is 0 Å². The topological polar surface area (TPSA) is 54.9 Å². The molecule has 0 saturated carbocycles. The first-order valence-corrected chi connectivity index (χ1v) is 6.80. The molecule has 3 rings (SSSR count). The molecule has 0 radical (unpaired) electrons. The van der Waals surface area contributed by atoms with Gasteiger partial charge in [0.05, 0.1) is 11.6 Å². The van der Waals surface area contributed by atoms with Crippen LogP contribution in [0.2, 0.25) is 0 Å². The number of hydrogen-bond acceptors (Lipinski definition) is 3. The Balaban J connectivity index is 1.80. The largest absolute Gasteiger partial charge is 0.344 e. The summed E-state index contributed by atoms with van der Waals surface area (Å²) < 4.78 is 0. The molecule has 104 valence electrons. The van der Waals surface area contributed by atoms with Gasteiger partial charge in [0.2, 0.25) is 0 Å². The number of rotatable bonds is 3. The van der Waals surface area contributed by atoms with E-state index in [4.69, 9.17) is 0 Å². The van der Waals surface area contributed by atoms with Gasteiger partial charge in [-0.05, 0) is 36.8 Å². The lowest BCUT2D eigenvalue weighted by Gasteiger charge is -2.13. The summed E-state index contributed by atoms with van der Waals surface area (Å²) in [7, 11) is 0. The van der Waals surface area contributed by atoms with Gasteiger partial charge >= 0.3 is 0 Å². The van der Waals surface area contributed by atoms with Crippen molar-refractivity contribution < 1.29 is 4.79 Å². The molecule has 0 fully saturated rings. The molecule has 1 atom stereocenters. The van der Waals surface area contributed by atoms with Crippen molar-refractivity contribution in [1.82, 2.24) is 15.3 Å². The summed E-state index contributed by atoms with van der Waals surface area (Å²) in [5.74, 6) is -0.176. The molecular weight excluding hydrogens is 262 g/mol. The van der Waals surface area contributed by atoms with Gasteiger partial charge in [0, 0.05) is 17.8 Å². The monoisotopic (exact) mass is 277 g/mol. The number of benzene rings is 1. The first-order valence-electron chi connectivity index (χ1n) is 6.80. The zero-order valence-corrected chi connectivity index (χ0v) is 11.7. The smallest absolute Gasteiger partial charge is 0.270 e. The van der Waals surface area contributed by atoms with E-state index in [0.29, 0.717) is 5.69 Å². The molecule has 0 saturated heterocycles. The van der Waals surface area contributed by atoms with E-state index in [-0.39, 0.29) is 11.9 Å². The molecule has 0 aliphatic carbocycles. The second-order valence-electron chi connectivity index (χ2n) is 4.86. The second-order valence-corrected chi connectivity index (χ2v) is 4.86. The molecule has 3 aromatic rings. The highest BCUT2D eigenvalue weighted by molar-refractivity contribution is 5.95. The van der Waals surface area contributed by atoms with E-state index in [9.17, 15) is 4.79 Å². The number of pyridine rings is 2. The number of aromatic nitrogens is 2. The third-order valence-electron chi connectivity index (χ3n) is 3.38. The third-order valence-corrected chi connectivity index (χ3v) is 3.38. The Labute approximate surface area is 122 Å². The van der Waals surface area contributed by atoms with E-state index in [0.717, 1.165) is 16.5 Å². The highest BCUT2D eigenvalue weighted by Crippen LogP contribution is 2.14. The molecule has 1 amide bonds. The van der Waals surface area contributed by atoms with E-state index < -0.39 is 0 Å². The molecule has 2 aromatic heterocycles. The Kier molecular flexibility index (Phi) is 3.60. The third kappa shape index (κ3) is 2.89. The first kappa shape index (κ1) is 13.2. The summed E-state index contributed by atoms with van der Waals surface area (Å²) >= 11 is 0. The number of para-hydroxylation sites is 1. The minimum atomic E-state index is -0.176. The van der Waals surface area contributed by atoms with Gasteiger partial charge in [-0.1, -0.05) is 24.3 Å². The lowest BCUT2D eigenvalue weighted by molar-refractivity contribution is 0.0935. The normalized spacial score (nSPS) is 12.0. The minimum Gasteiger partial charge on any atom is -0.344 e. The Bertz CT molecular complexity index is 771. The number of carbonyl (C=O) groups is 1. The van der Waals surface area contributed by atoms with Gasteiger partial charge in [-0.15, -0.1) is 0 Å². The van der Waals surface area contributed by atoms with Crippen molar-refractivity contribution >= 4 is 16.8 Å². The maximum Gasteiger partial charge on any atom is 0.270 e. The van der Waals surface area contributed by atoms with Crippen molar-refractivity contribution in [2.45, 2.75) is 13.0 Å². The van der Waals surface area contributed by atoms with Gasteiger partial charge in [-0.3, -0.25) is 9.78 Å². The zero-order chi connectivity index (χ0) is 14.7. The maximum atomic E-state index is 12.3. The maximum absolute atomic E-state index is 12.3. The lowest BCUT2D eigenvalue weighted by Crippen LogP contribution is -2.27. The zero-order valence-electron chi connectivity index (χ0n) is 11.7. The van der Waals surface area contributed by atoms with Crippen molar-refractivity contribution in [1.29, 1.82) is 0 Å². The van der Waals surface area contributed by atoms with Gasteiger partial charge in [-0.25, -0.2) is 4.98 Å². The molecule has 0 aliphatic rings. The van der Waals surface area contributed by atoms with Crippen LogP contribution < -0.4 is 5.32 Å². The van der Waals surface area contributed by atoms with Gasteiger partial charge in [0.15, 0.2) is 0 Å². The van der Waals surface area contributed by atoms with Crippen LogP contribution in [0.3, 0.4) is 0 Å². The molecule has 4 heteroatoms. The average Bonchev–Trinajstić information content (AvgIpc) is 2.55. The predicted octanol–water partition coefficient (Wildman–Crippen LogP) is 3.12. The van der Waals surface area contributed by atoms with Crippen LogP contribution in [0.25, 0.3) is 10.9 Å². The van der Waals surface area contributed by atoms with Crippen molar-refractivity contribution in [2.75, 3.05) is 0 Å². The number of amides is 1. The van der Waals surface area contributed by atoms with Gasteiger partial charge < -0.3 is 5.32 Å². The van der Waals surface area contributed by atoms with E-state index in [1.54, 1.807) is 18.5 Å². The number of nitrogens with one attached hydrogen (secondary N) is 1. The number of hydrogen-bond donors (Lipinski definition) is 1. The van der Waals surface area contributed by atoms with Crippen LogP contribution >= 0.6 is 0 Å². The molecule has 0 aliphatic heterocycles. The highest BCUT2D eigenvalue weighted by Gasteiger charge is 2.12. The van der Waals surface area contributed by atoms with E-state index in [1.807, 2.05) is 49.4 Å². The predicted molar refractivity (Wildman–Crippen MR) is 81.9 cm³/mol. The second kappa shape index (κ2) is 5.71. The number of carbonyl (C=O) groups excluding carboxylic acids is 1.